The summed E-state index contributed by atoms with van der Waals surface area (Å²) < 4.78 is 14.7. The van der Waals surface area contributed by atoms with Crippen molar-refractivity contribution < 1.29 is 28.6 Å². The zero-order chi connectivity index (χ0) is 23.0. The highest BCUT2D eigenvalue weighted by atomic mass is 35.6. The highest BCUT2D eigenvalue weighted by Crippen LogP contribution is 2.50. The molecule has 2 amide bonds. The van der Waals surface area contributed by atoms with Crippen molar-refractivity contribution in [3.8, 4) is 5.75 Å². The van der Waals surface area contributed by atoms with Crippen molar-refractivity contribution in [1.82, 2.24) is 10.2 Å². The molecule has 1 aromatic carbocycles. The number of fused-ring (bicyclic) bond motifs is 1. The van der Waals surface area contributed by atoms with Gasteiger partial charge in [-0.15, -0.1) is 0 Å². The Kier molecular flexibility index (Phi) is 7.02. The fourth-order valence-corrected chi connectivity index (χ4v) is 4.91. The van der Waals surface area contributed by atoms with E-state index in [1.165, 1.54) is 30.7 Å². The number of nitrogens with one attached hydrogen (secondary N) is 1. The average molecular weight is 510 g/mol. The van der Waals surface area contributed by atoms with Crippen molar-refractivity contribution in [3.05, 3.63) is 41.6 Å². The lowest BCUT2D eigenvalue weighted by Gasteiger charge is -2.56. The first-order chi connectivity index (χ1) is 14.5. The topological polar surface area (TPSA) is 94.2 Å². The predicted octanol–water partition coefficient (Wildman–Crippen LogP) is 2.97. The fourth-order valence-electron chi connectivity index (χ4n) is 3.19. The second-order valence-corrected chi connectivity index (χ2v) is 10.5. The van der Waals surface area contributed by atoms with E-state index in [-0.39, 0.29) is 11.6 Å². The van der Waals surface area contributed by atoms with Gasteiger partial charge >= 0.3 is 17.7 Å². The Morgan fingerprint density at radius 1 is 1.26 bits per heavy atom. The first-order valence-corrected chi connectivity index (χ1v) is 11.1. The molecule has 0 aliphatic carbocycles. The Labute approximate surface area is 198 Å². The van der Waals surface area contributed by atoms with Crippen LogP contribution >= 0.6 is 46.6 Å². The molecule has 8 nitrogen and oxygen atoms in total. The van der Waals surface area contributed by atoms with Crippen LogP contribution in [0.15, 0.2) is 41.6 Å². The smallest absolute Gasteiger partial charge is 0.355 e. The summed E-state index contributed by atoms with van der Waals surface area (Å²) in [7, 11) is 1.33. The fraction of sp³-hybridized carbons (Fsp3) is 0.421. The molecule has 0 spiro atoms. The predicted molar refractivity (Wildman–Crippen MR) is 117 cm³/mol. The molecule has 0 saturated carbocycles. The molecule has 1 aromatic rings. The molecule has 0 aromatic heterocycles. The van der Waals surface area contributed by atoms with Crippen molar-refractivity contribution in [2.45, 2.75) is 34.2 Å². The number of hydrogen-bond acceptors (Lipinski definition) is 7. The summed E-state index contributed by atoms with van der Waals surface area (Å²) in [6, 6.07) is 8.64. The van der Waals surface area contributed by atoms with Crippen LogP contribution in [0.3, 0.4) is 0 Å². The molecular formula is C19H19Cl3N2O6S. The molecule has 3 atom stereocenters. The first kappa shape index (κ1) is 24.0. The number of rotatable bonds is 6. The molecule has 12 heteroatoms. The number of amides is 2. The monoisotopic (exact) mass is 508 g/mol. The van der Waals surface area contributed by atoms with E-state index >= 15 is 0 Å². The SMILES string of the molecule is COC1(Oc2ccccc2)C(=O)N2C(C(=O)OCC(Cl)(Cl)Cl)=C(C)C(NC(C)=O)S[C@@H]21. The van der Waals surface area contributed by atoms with Crippen LogP contribution in [0, 0.1) is 0 Å². The lowest BCUT2D eigenvalue weighted by atomic mass is 10.0. The maximum Gasteiger partial charge on any atom is 0.355 e. The molecule has 168 valence electrons. The van der Waals surface area contributed by atoms with Crippen LogP contribution in [-0.4, -0.2) is 56.7 Å². The zero-order valence-corrected chi connectivity index (χ0v) is 19.8. The molecule has 31 heavy (non-hydrogen) atoms. The van der Waals surface area contributed by atoms with Gasteiger partial charge in [0.25, 0.3) is 0 Å². The number of para-hydroxylation sites is 1. The van der Waals surface area contributed by atoms with Crippen LogP contribution < -0.4 is 10.1 Å². The summed E-state index contributed by atoms with van der Waals surface area (Å²) in [4.78, 5) is 39.0. The number of alkyl halides is 3. The van der Waals surface area contributed by atoms with Crippen molar-refractivity contribution >= 4 is 64.3 Å². The average Bonchev–Trinajstić information content (AvgIpc) is 2.71. The van der Waals surface area contributed by atoms with Crippen LogP contribution in [-0.2, 0) is 23.9 Å². The minimum absolute atomic E-state index is 0.0638. The number of β-lactam (4-membered cyclic amide) rings is 1. The molecule has 1 N–H and O–H groups in total. The van der Waals surface area contributed by atoms with Crippen molar-refractivity contribution in [2.24, 2.45) is 0 Å². The van der Waals surface area contributed by atoms with Gasteiger partial charge in [0.2, 0.25) is 9.70 Å². The number of methoxy groups -OCH3 is 1. The second kappa shape index (κ2) is 9.07. The minimum Gasteiger partial charge on any atom is -0.456 e. The van der Waals surface area contributed by atoms with Crippen LogP contribution in [0.25, 0.3) is 0 Å². The third-order valence-electron chi connectivity index (χ3n) is 4.56. The molecular weight excluding hydrogens is 491 g/mol. The molecule has 2 unspecified atom stereocenters. The minimum atomic E-state index is -1.82. The van der Waals surface area contributed by atoms with E-state index in [0.717, 1.165) is 0 Å². The van der Waals surface area contributed by atoms with Crippen molar-refractivity contribution in [2.75, 3.05) is 13.7 Å². The van der Waals surface area contributed by atoms with Gasteiger partial charge in [-0.05, 0) is 24.6 Å². The van der Waals surface area contributed by atoms with Gasteiger partial charge in [-0.1, -0.05) is 64.8 Å². The van der Waals surface area contributed by atoms with Crippen LogP contribution in [0.4, 0.5) is 0 Å². The highest BCUT2D eigenvalue weighted by Gasteiger charge is 2.69. The summed E-state index contributed by atoms with van der Waals surface area (Å²) in [6.45, 7) is 2.43. The first-order valence-electron chi connectivity index (χ1n) is 9.00. The van der Waals surface area contributed by atoms with Crippen molar-refractivity contribution in [3.63, 3.8) is 0 Å². The Morgan fingerprint density at radius 3 is 2.45 bits per heavy atom. The summed E-state index contributed by atoms with van der Waals surface area (Å²) in [5, 5.41) is 1.31. The van der Waals surface area contributed by atoms with Gasteiger partial charge in [-0.2, -0.15) is 0 Å². The highest BCUT2D eigenvalue weighted by molar-refractivity contribution is 8.00. The summed E-state index contributed by atoms with van der Waals surface area (Å²) >= 11 is 18.2. The Balaban J connectivity index is 1.96. The van der Waals surface area contributed by atoms with E-state index in [1.807, 2.05) is 0 Å². The van der Waals surface area contributed by atoms with Gasteiger partial charge in [0.15, 0.2) is 5.37 Å². The quantitative estimate of drug-likeness (QED) is 0.273. The van der Waals surface area contributed by atoms with Gasteiger partial charge in [-0.25, -0.2) is 4.79 Å². The summed E-state index contributed by atoms with van der Waals surface area (Å²) in [6.07, 6.45) is 0. The summed E-state index contributed by atoms with van der Waals surface area (Å²) in [5.74, 6) is -3.10. The number of carbonyl (C=O) groups excluding carboxylic acids is 3. The van der Waals surface area contributed by atoms with Crippen LogP contribution in [0.5, 0.6) is 5.75 Å². The normalized spacial score (nSPS) is 25.5. The number of esters is 1. The number of benzene rings is 1. The van der Waals surface area contributed by atoms with Gasteiger partial charge in [0, 0.05) is 14.0 Å². The maximum absolute atomic E-state index is 13.2. The van der Waals surface area contributed by atoms with Crippen molar-refractivity contribution in [1.29, 1.82) is 0 Å². The largest absolute Gasteiger partial charge is 0.456 e. The molecule has 3 rings (SSSR count). The van der Waals surface area contributed by atoms with Crippen LogP contribution in [0.2, 0.25) is 0 Å². The van der Waals surface area contributed by atoms with E-state index in [0.29, 0.717) is 11.3 Å². The van der Waals surface area contributed by atoms with Gasteiger partial charge in [-0.3, -0.25) is 14.5 Å². The number of ether oxygens (including phenoxy) is 3. The number of hydrogen-bond donors (Lipinski definition) is 1. The number of nitrogens with zero attached hydrogens (tertiary/aromatic N) is 1. The third kappa shape index (κ3) is 4.75. The number of thioether (sulfide) groups is 1. The van der Waals surface area contributed by atoms with E-state index in [2.05, 4.69) is 5.32 Å². The molecule has 2 aliphatic heterocycles. The lowest BCUT2D eigenvalue weighted by Crippen LogP contribution is -2.77. The number of halogens is 3. The van der Waals surface area contributed by atoms with E-state index in [1.54, 1.807) is 37.3 Å². The second-order valence-electron chi connectivity index (χ2n) is 6.75. The van der Waals surface area contributed by atoms with Gasteiger partial charge in [0.1, 0.15) is 23.4 Å². The standard InChI is InChI=1S/C19H19Cl3N2O6S/c1-10-13(15(26)29-9-18(20,21)22)24-16(27)19(28-3,30-12-7-5-4-6-8-12)17(24)31-14(10)23-11(2)25/h4-8,14,17H,9H2,1-3H3,(H,23,25)/t14?,17-,19?/m1/s1. The molecule has 2 heterocycles. The zero-order valence-electron chi connectivity index (χ0n) is 16.7. The Morgan fingerprint density at radius 2 is 1.90 bits per heavy atom. The van der Waals surface area contributed by atoms with Gasteiger partial charge in [0.05, 0.1) is 0 Å². The molecule has 0 radical (unpaired) electrons. The summed E-state index contributed by atoms with van der Waals surface area (Å²) in [5.41, 5.74) is 0.342. The molecule has 0 bridgehead atoms. The Bertz CT molecular complexity index is 923. The number of carbonyl (C=O) groups is 3. The third-order valence-corrected chi connectivity index (χ3v) is 6.41. The molecule has 1 saturated heterocycles. The van der Waals surface area contributed by atoms with E-state index < -0.39 is 38.8 Å². The van der Waals surface area contributed by atoms with E-state index in [9.17, 15) is 14.4 Å². The Hall–Kier alpha value is -1.65. The maximum atomic E-state index is 13.2. The molecule has 1 fully saturated rings. The van der Waals surface area contributed by atoms with Crippen LogP contribution in [0.1, 0.15) is 13.8 Å². The molecule has 2 aliphatic rings. The lowest BCUT2D eigenvalue weighted by molar-refractivity contribution is -0.238. The van der Waals surface area contributed by atoms with Gasteiger partial charge < -0.3 is 19.5 Å². The van der Waals surface area contributed by atoms with E-state index in [4.69, 9.17) is 49.0 Å².